The van der Waals surface area contributed by atoms with E-state index < -0.39 is 0 Å². The zero-order valence-corrected chi connectivity index (χ0v) is 14.4. The maximum atomic E-state index is 12.4. The van der Waals surface area contributed by atoms with E-state index >= 15 is 0 Å². The second-order valence-corrected chi connectivity index (χ2v) is 6.41. The van der Waals surface area contributed by atoms with E-state index in [0.717, 1.165) is 27.1 Å². The third-order valence-electron chi connectivity index (χ3n) is 3.95. The Hall–Kier alpha value is -2.01. The van der Waals surface area contributed by atoms with Crippen LogP contribution < -0.4 is 14.8 Å². The predicted octanol–water partition coefficient (Wildman–Crippen LogP) is 3.33. The Kier molecular flexibility index (Phi) is 4.86. The van der Waals surface area contributed by atoms with Crippen LogP contribution in [0.15, 0.2) is 46.9 Å². The summed E-state index contributed by atoms with van der Waals surface area (Å²) in [5.41, 5.74) is 2.02. The van der Waals surface area contributed by atoms with Crippen molar-refractivity contribution >= 4 is 21.8 Å². The normalized spacial score (nSPS) is 16.2. The fourth-order valence-corrected chi connectivity index (χ4v) is 3.12. The van der Waals surface area contributed by atoms with Gasteiger partial charge in [-0.25, -0.2) is 0 Å². The molecule has 1 aliphatic heterocycles. The van der Waals surface area contributed by atoms with Gasteiger partial charge in [0.2, 0.25) is 5.91 Å². The van der Waals surface area contributed by atoms with Gasteiger partial charge < -0.3 is 14.8 Å². The molecule has 0 bridgehead atoms. The van der Waals surface area contributed by atoms with E-state index in [4.69, 9.17) is 9.47 Å². The number of hydrogen-bond acceptors (Lipinski definition) is 3. The highest BCUT2D eigenvalue weighted by Crippen LogP contribution is 2.27. The molecule has 0 unspecified atom stereocenters. The summed E-state index contributed by atoms with van der Waals surface area (Å²) in [4.78, 5) is 12.4. The van der Waals surface area contributed by atoms with E-state index in [9.17, 15) is 4.79 Å². The van der Waals surface area contributed by atoms with Crippen molar-refractivity contribution in [1.29, 1.82) is 0 Å². The van der Waals surface area contributed by atoms with Crippen molar-refractivity contribution in [2.75, 3.05) is 13.7 Å². The molecular formula is C18H18BrNO3. The molecule has 0 saturated heterocycles. The number of carbonyl (C=O) groups excluding carboxylic acids is 1. The highest BCUT2D eigenvalue weighted by Gasteiger charge is 2.25. The minimum absolute atomic E-state index is 0.00142. The van der Waals surface area contributed by atoms with Crippen molar-refractivity contribution in [2.24, 2.45) is 5.92 Å². The monoisotopic (exact) mass is 375 g/mol. The molecule has 1 aliphatic rings. The summed E-state index contributed by atoms with van der Waals surface area (Å²) >= 11 is 3.44. The van der Waals surface area contributed by atoms with Gasteiger partial charge in [0, 0.05) is 16.6 Å². The van der Waals surface area contributed by atoms with E-state index in [2.05, 4.69) is 21.2 Å². The molecule has 1 heterocycles. The summed E-state index contributed by atoms with van der Waals surface area (Å²) in [6.45, 7) is 0.845. The summed E-state index contributed by atoms with van der Waals surface area (Å²) in [6.07, 6.45) is 0.706. The molecule has 0 saturated carbocycles. The van der Waals surface area contributed by atoms with E-state index in [1.807, 2.05) is 42.5 Å². The standard InChI is InChI=1S/C18H18BrNO3/c1-22-16-7-6-15(19)9-13(16)10-20-18(21)14-8-12-4-2-3-5-17(12)23-11-14/h2-7,9,14H,8,10-11H2,1H3,(H,20,21)/t14-/m1/s1. The lowest BCUT2D eigenvalue weighted by atomic mass is 9.96. The number of para-hydroxylation sites is 1. The molecule has 0 spiro atoms. The minimum Gasteiger partial charge on any atom is -0.496 e. The molecule has 3 rings (SSSR count). The average Bonchev–Trinajstić information content (AvgIpc) is 2.59. The van der Waals surface area contributed by atoms with E-state index in [-0.39, 0.29) is 11.8 Å². The first-order chi connectivity index (χ1) is 11.2. The molecule has 120 valence electrons. The lowest BCUT2D eigenvalue weighted by Crippen LogP contribution is -2.37. The first-order valence-corrected chi connectivity index (χ1v) is 8.27. The Labute approximate surface area is 143 Å². The molecule has 2 aromatic carbocycles. The maximum Gasteiger partial charge on any atom is 0.227 e. The third kappa shape index (κ3) is 3.67. The topological polar surface area (TPSA) is 47.6 Å². The van der Waals surface area contributed by atoms with Gasteiger partial charge in [-0.1, -0.05) is 34.1 Å². The number of hydrogen-bond donors (Lipinski definition) is 1. The Morgan fingerprint density at radius 1 is 1.35 bits per heavy atom. The van der Waals surface area contributed by atoms with Crippen LogP contribution in [0, 0.1) is 5.92 Å². The summed E-state index contributed by atoms with van der Waals surface area (Å²) in [5, 5.41) is 2.98. The number of rotatable bonds is 4. The van der Waals surface area contributed by atoms with Gasteiger partial charge in [0.25, 0.3) is 0 Å². The molecule has 0 aromatic heterocycles. The fourth-order valence-electron chi connectivity index (χ4n) is 2.71. The lowest BCUT2D eigenvalue weighted by Gasteiger charge is -2.24. The Bertz CT molecular complexity index is 717. The Morgan fingerprint density at radius 3 is 3.00 bits per heavy atom. The first-order valence-electron chi connectivity index (χ1n) is 7.48. The maximum absolute atomic E-state index is 12.4. The summed E-state index contributed by atoms with van der Waals surface area (Å²) in [5.74, 6) is 1.48. The van der Waals surface area contributed by atoms with Crippen LogP contribution in [0.2, 0.25) is 0 Å². The Morgan fingerprint density at radius 2 is 2.17 bits per heavy atom. The number of methoxy groups -OCH3 is 1. The van der Waals surface area contributed by atoms with Crippen molar-refractivity contribution < 1.29 is 14.3 Å². The SMILES string of the molecule is COc1ccc(Br)cc1CNC(=O)[C@H]1COc2ccccc2C1. The van der Waals surface area contributed by atoms with Crippen LogP contribution in [0.1, 0.15) is 11.1 Å². The van der Waals surface area contributed by atoms with Crippen molar-refractivity contribution in [3.8, 4) is 11.5 Å². The fraction of sp³-hybridized carbons (Fsp3) is 0.278. The number of fused-ring (bicyclic) bond motifs is 1. The van der Waals surface area contributed by atoms with Gasteiger partial charge in [-0.05, 0) is 36.2 Å². The van der Waals surface area contributed by atoms with Crippen molar-refractivity contribution in [3.63, 3.8) is 0 Å². The van der Waals surface area contributed by atoms with Crippen LogP contribution in [0.25, 0.3) is 0 Å². The van der Waals surface area contributed by atoms with Crippen LogP contribution >= 0.6 is 15.9 Å². The molecule has 1 atom stereocenters. The quantitative estimate of drug-likeness (QED) is 0.891. The Balaban J connectivity index is 1.64. The number of carbonyl (C=O) groups is 1. The zero-order valence-electron chi connectivity index (χ0n) is 12.8. The second kappa shape index (κ2) is 7.04. The van der Waals surface area contributed by atoms with Crippen molar-refractivity contribution in [3.05, 3.63) is 58.1 Å². The number of halogens is 1. The van der Waals surface area contributed by atoms with Crippen molar-refractivity contribution in [1.82, 2.24) is 5.32 Å². The second-order valence-electron chi connectivity index (χ2n) is 5.49. The van der Waals surface area contributed by atoms with E-state index in [1.54, 1.807) is 7.11 Å². The molecule has 5 heteroatoms. The molecule has 0 fully saturated rings. The van der Waals surface area contributed by atoms with Crippen LogP contribution in [0.4, 0.5) is 0 Å². The summed E-state index contributed by atoms with van der Waals surface area (Å²) in [6, 6.07) is 13.6. The number of benzene rings is 2. The number of amides is 1. The molecular weight excluding hydrogens is 358 g/mol. The van der Waals surface area contributed by atoms with Gasteiger partial charge >= 0.3 is 0 Å². The molecule has 4 nitrogen and oxygen atoms in total. The molecule has 0 aliphatic carbocycles. The van der Waals surface area contributed by atoms with Gasteiger partial charge in [-0.2, -0.15) is 0 Å². The molecule has 1 amide bonds. The van der Waals surface area contributed by atoms with E-state index in [1.165, 1.54) is 0 Å². The van der Waals surface area contributed by atoms with Gasteiger partial charge in [0.15, 0.2) is 0 Å². The van der Waals surface area contributed by atoms with Crippen LogP contribution in [0.5, 0.6) is 11.5 Å². The van der Waals surface area contributed by atoms with Crippen LogP contribution in [0.3, 0.4) is 0 Å². The van der Waals surface area contributed by atoms with Gasteiger partial charge in [0.1, 0.15) is 18.1 Å². The molecule has 2 aromatic rings. The number of ether oxygens (including phenoxy) is 2. The molecule has 1 N–H and O–H groups in total. The first kappa shape index (κ1) is 15.9. The molecule has 0 radical (unpaired) electrons. The van der Waals surface area contributed by atoms with Gasteiger partial charge in [-0.3, -0.25) is 4.79 Å². The van der Waals surface area contributed by atoms with Crippen molar-refractivity contribution in [2.45, 2.75) is 13.0 Å². The summed E-state index contributed by atoms with van der Waals surface area (Å²) in [7, 11) is 1.63. The minimum atomic E-state index is -0.164. The summed E-state index contributed by atoms with van der Waals surface area (Å²) < 4.78 is 12.0. The largest absolute Gasteiger partial charge is 0.496 e. The molecule has 23 heavy (non-hydrogen) atoms. The highest BCUT2D eigenvalue weighted by atomic mass is 79.9. The van der Waals surface area contributed by atoms with Gasteiger partial charge in [0.05, 0.1) is 13.0 Å². The predicted molar refractivity (Wildman–Crippen MR) is 91.7 cm³/mol. The van der Waals surface area contributed by atoms with Crippen LogP contribution in [-0.2, 0) is 17.8 Å². The highest BCUT2D eigenvalue weighted by molar-refractivity contribution is 9.10. The van der Waals surface area contributed by atoms with E-state index in [0.29, 0.717) is 19.6 Å². The average molecular weight is 376 g/mol. The third-order valence-corrected chi connectivity index (χ3v) is 4.44. The zero-order chi connectivity index (χ0) is 16.2. The smallest absolute Gasteiger partial charge is 0.227 e. The lowest BCUT2D eigenvalue weighted by molar-refractivity contribution is -0.126. The van der Waals surface area contributed by atoms with Crippen LogP contribution in [-0.4, -0.2) is 19.6 Å². The number of nitrogens with one attached hydrogen (secondary N) is 1. The van der Waals surface area contributed by atoms with Gasteiger partial charge in [-0.15, -0.1) is 0 Å².